The molecule has 2 aromatic carbocycles. The van der Waals surface area contributed by atoms with Crippen LogP contribution < -0.4 is 5.32 Å². The average molecular weight is 384 g/mol. The predicted molar refractivity (Wildman–Crippen MR) is 107 cm³/mol. The van der Waals surface area contributed by atoms with Crippen LogP contribution >= 0.6 is 0 Å². The quantitative estimate of drug-likeness (QED) is 0.585. The Labute approximate surface area is 163 Å². The molecule has 0 saturated heterocycles. The summed E-state index contributed by atoms with van der Waals surface area (Å²) >= 11 is 0. The smallest absolute Gasteiger partial charge is 0.293 e. The van der Waals surface area contributed by atoms with Crippen molar-refractivity contribution in [1.82, 2.24) is 9.80 Å². The molecule has 0 aromatic heterocycles. The van der Waals surface area contributed by atoms with Gasteiger partial charge in [0.05, 0.1) is 11.5 Å². The van der Waals surface area contributed by atoms with Crippen LogP contribution in [0.3, 0.4) is 0 Å². The molecule has 0 saturated carbocycles. The van der Waals surface area contributed by atoms with Gasteiger partial charge in [-0.05, 0) is 31.2 Å². The van der Waals surface area contributed by atoms with Gasteiger partial charge >= 0.3 is 0 Å². The van der Waals surface area contributed by atoms with E-state index in [9.17, 15) is 19.7 Å². The number of benzene rings is 2. The fourth-order valence-electron chi connectivity index (χ4n) is 2.79. The SMILES string of the molecule is Cc1ccc(NC(=O)[C@@H](c2ccccc2)N(C)CC(=O)N(C)C)c([N+](=O)[O-])c1. The van der Waals surface area contributed by atoms with Crippen molar-refractivity contribution in [2.75, 3.05) is 33.0 Å². The molecule has 148 valence electrons. The molecule has 0 fully saturated rings. The van der Waals surface area contributed by atoms with E-state index in [4.69, 9.17) is 0 Å². The van der Waals surface area contributed by atoms with Crippen molar-refractivity contribution in [2.45, 2.75) is 13.0 Å². The van der Waals surface area contributed by atoms with E-state index < -0.39 is 16.9 Å². The normalized spacial score (nSPS) is 11.8. The third-order valence-corrected chi connectivity index (χ3v) is 4.30. The lowest BCUT2D eigenvalue weighted by molar-refractivity contribution is -0.384. The van der Waals surface area contributed by atoms with Crippen LogP contribution in [0.5, 0.6) is 0 Å². The van der Waals surface area contributed by atoms with Crippen molar-refractivity contribution < 1.29 is 14.5 Å². The predicted octanol–water partition coefficient (Wildman–Crippen LogP) is 2.60. The Balaban J connectivity index is 2.35. The summed E-state index contributed by atoms with van der Waals surface area (Å²) in [5.41, 5.74) is 1.35. The highest BCUT2D eigenvalue weighted by Crippen LogP contribution is 2.28. The van der Waals surface area contributed by atoms with Gasteiger partial charge in [-0.1, -0.05) is 36.4 Å². The summed E-state index contributed by atoms with van der Waals surface area (Å²) in [5.74, 6) is -0.607. The number of rotatable bonds is 7. The van der Waals surface area contributed by atoms with E-state index in [1.54, 1.807) is 63.3 Å². The van der Waals surface area contributed by atoms with Crippen LogP contribution in [0, 0.1) is 17.0 Å². The summed E-state index contributed by atoms with van der Waals surface area (Å²) in [5, 5.41) is 14.0. The minimum absolute atomic E-state index is 0.0238. The molecule has 0 heterocycles. The standard InChI is InChI=1S/C20H24N4O4/c1-14-10-11-16(17(12-14)24(27)28)21-20(26)19(15-8-6-5-7-9-15)23(4)13-18(25)22(2)3/h5-12,19H,13H2,1-4H3,(H,21,26)/t19-/m1/s1. The Kier molecular flexibility index (Phi) is 6.84. The van der Waals surface area contributed by atoms with Crippen molar-refractivity contribution >= 4 is 23.2 Å². The third kappa shape index (κ3) is 5.14. The Morgan fingerprint density at radius 2 is 1.75 bits per heavy atom. The maximum absolute atomic E-state index is 13.1. The summed E-state index contributed by atoms with van der Waals surface area (Å²) in [7, 11) is 4.95. The zero-order valence-electron chi connectivity index (χ0n) is 16.4. The van der Waals surface area contributed by atoms with Gasteiger partial charge in [0.2, 0.25) is 11.8 Å². The molecule has 8 nitrogen and oxygen atoms in total. The van der Waals surface area contributed by atoms with E-state index in [1.165, 1.54) is 17.0 Å². The molecule has 0 unspecified atom stereocenters. The van der Waals surface area contributed by atoms with Gasteiger partial charge in [-0.15, -0.1) is 0 Å². The fourth-order valence-corrected chi connectivity index (χ4v) is 2.79. The van der Waals surface area contributed by atoms with E-state index in [0.717, 1.165) is 5.56 Å². The summed E-state index contributed by atoms with van der Waals surface area (Å²) in [6.45, 7) is 1.77. The maximum Gasteiger partial charge on any atom is 0.293 e. The van der Waals surface area contributed by atoms with Crippen LogP contribution in [0.25, 0.3) is 0 Å². The number of nitro groups is 1. The number of hydrogen-bond acceptors (Lipinski definition) is 5. The number of anilines is 1. The van der Waals surface area contributed by atoms with E-state index in [0.29, 0.717) is 5.56 Å². The lowest BCUT2D eigenvalue weighted by Gasteiger charge is -2.28. The average Bonchev–Trinajstić information content (AvgIpc) is 2.64. The molecule has 0 radical (unpaired) electrons. The van der Waals surface area contributed by atoms with Gasteiger partial charge in [-0.3, -0.25) is 24.6 Å². The number of likely N-dealkylation sites (N-methyl/N-ethyl adjacent to an activating group) is 2. The first-order chi connectivity index (χ1) is 13.2. The second kappa shape index (κ2) is 9.09. The summed E-state index contributed by atoms with van der Waals surface area (Å²) < 4.78 is 0. The van der Waals surface area contributed by atoms with Gasteiger partial charge in [-0.25, -0.2) is 0 Å². The van der Waals surface area contributed by atoms with Crippen molar-refractivity contribution in [3.8, 4) is 0 Å². The second-order valence-corrected chi connectivity index (χ2v) is 6.78. The van der Waals surface area contributed by atoms with Gasteiger partial charge < -0.3 is 10.2 Å². The van der Waals surface area contributed by atoms with E-state index in [1.807, 2.05) is 6.07 Å². The van der Waals surface area contributed by atoms with E-state index >= 15 is 0 Å². The van der Waals surface area contributed by atoms with Crippen LogP contribution in [-0.2, 0) is 9.59 Å². The maximum atomic E-state index is 13.1. The number of carbonyl (C=O) groups excluding carboxylic acids is 2. The van der Waals surface area contributed by atoms with Crippen LogP contribution in [0.4, 0.5) is 11.4 Å². The largest absolute Gasteiger partial charge is 0.348 e. The van der Waals surface area contributed by atoms with Crippen LogP contribution in [0.1, 0.15) is 17.2 Å². The minimum Gasteiger partial charge on any atom is -0.348 e. The molecule has 0 bridgehead atoms. The zero-order valence-corrected chi connectivity index (χ0v) is 16.4. The second-order valence-electron chi connectivity index (χ2n) is 6.78. The zero-order chi connectivity index (χ0) is 20.8. The molecule has 1 atom stereocenters. The van der Waals surface area contributed by atoms with Crippen LogP contribution in [0.15, 0.2) is 48.5 Å². The van der Waals surface area contributed by atoms with E-state index in [-0.39, 0.29) is 23.8 Å². The lowest BCUT2D eigenvalue weighted by atomic mass is 10.0. The van der Waals surface area contributed by atoms with Gasteiger partial charge in [0.1, 0.15) is 11.7 Å². The molecule has 2 amide bonds. The molecule has 0 spiro atoms. The Morgan fingerprint density at radius 1 is 1.11 bits per heavy atom. The number of carbonyl (C=O) groups is 2. The number of aryl methyl sites for hydroxylation is 1. The first-order valence-electron chi connectivity index (χ1n) is 8.72. The molecule has 8 heteroatoms. The lowest BCUT2D eigenvalue weighted by Crippen LogP contribution is -2.41. The first kappa shape index (κ1) is 21.0. The molecular weight excluding hydrogens is 360 g/mol. The monoisotopic (exact) mass is 384 g/mol. The van der Waals surface area contributed by atoms with Gasteiger partial charge in [0, 0.05) is 20.2 Å². The highest BCUT2D eigenvalue weighted by molar-refractivity contribution is 5.97. The molecule has 2 aromatic rings. The Bertz CT molecular complexity index is 868. The van der Waals surface area contributed by atoms with Crippen molar-refractivity contribution in [3.05, 3.63) is 69.8 Å². The van der Waals surface area contributed by atoms with Crippen molar-refractivity contribution in [2.24, 2.45) is 0 Å². The summed E-state index contributed by atoms with van der Waals surface area (Å²) in [4.78, 5) is 39.1. The molecule has 1 N–H and O–H groups in total. The number of amides is 2. The fraction of sp³-hybridized carbons (Fsp3) is 0.300. The van der Waals surface area contributed by atoms with Gasteiger partial charge in [0.15, 0.2) is 0 Å². The highest BCUT2D eigenvalue weighted by Gasteiger charge is 2.28. The topological polar surface area (TPSA) is 95.8 Å². The van der Waals surface area contributed by atoms with Crippen molar-refractivity contribution in [3.63, 3.8) is 0 Å². The molecule has 28 heavy (non-hydrogen) atoms. The Hall–Kier alpha value is -3.26. The van der Waals surface area contributed by atoms with Crippen LogP contribution in [0.2, 0.25) is 0 Å². The van der Waals surface area contributed by atoms with Crippen molar-refractivity contribution in [1.29, 1.82) is 0 Å². The molecular formula is C20H24N4O4. The first-order valence-corrected chi connectivity index (χ1v) is 8.72. The van der Waals surface area contributed by atoms with Gasteiger partial charge in [-0.2, -0.15) is 0 Å². The van der Waals surface area contributed by atoms with Crippen LogP contribution in [-0.4, -0.2) is 54.2 Å². The molecule has 2 rings (SSSR count). The number of hydrogen-bond donors (Lipinski definition) is 1. The number of nitrogens with one attached hydrogen (secondary N) is 1. The number of nitro benzene ring substituents is 1. The molecule has 0 aliphatic carbocycles. The third-order valence-electron chi connectivity index (χ3n) is 4.30. The number of nitrogens with zero attached hydrogens (tertiary/aromatic N) is 3. The summed E-state index contributed by atoms with van der Waals surface area (Å²) in [6.07, 6.45) is 0. The van der Waals surface area contributed by atoms with Gasteiger partial charge in [0.25, 0.3) is 5.69 Å². The molecule has 0 aliphatic rings. The molecule has 0 aliphatic heterocycles. The Morgan fingerprint density at radius 3 is 2.32 bits per heavy atom. The highest BCUT2D eigenvalue weighted by atomic mass is 16.6. The summed E-state index contributed by atoms with van der Waals surface area (Å²) in [6, 6.07) is 12.8. The minimum atomic E-state index is -0.786. The van der Waals surface area contributed by atoms with E-state index in [2.05, 4.69) is 5.32 Å².